The van der Waals surface area contributed by atoms with Gasteiger partial charge in [0, 0.05) is 23.3 Å². The van der Waals surface area contributed by atoms with Crippen LogP contribution in [-0.4, -0.2) is 12.6 Å². The molecule has 1 unspecified atom stereocenters. The van der Waals surface area contributed by atoms with Crippen LogP contribution in [0.1, 0.15) is 44.1 Å². The first-order chi connectivity index (χ1) is 9.19. The molecule has 1 aromatic carbocycles. The van der Waals surface area contributed by atoms with Crippen molar-refractivity contribution in [1.29, 1.82) is 0 Å². The van der Waals surface area contributed by atoms with E-state index in [1.54, 1.807) is 0 Å². The lowest BCUT2D eigenvalue weighted by Gasteiger charge is -2.27. The number of benzene rings is 1. The molecule has 0 aliphatic heterocycles. The fourth-order valence-electron chi connectivity index (χ4n) is 2.96. The highest BCUT2D eigenvalue weighted by atomic mass is 35.5. The van der Waals surface area contributed by atoms with Crippen LogP contribution in [0.2, 0.25) is 5.02 Å². The van der Waals surface area contributed by atoms with E-state index in [1.165, 1.54) is 38.5 Å². The number of rotatable bonds is 5. The molecule has 1 saturated carbocycles. The molecule has 0 amide bonds. The second kappa shape index (κ2) is 7.16. The smallest absolute Gasteiger partial charge is 0.0455 e. The average Bonchev–Trinajstić information content (AvgIpc) is 2.43. The highest BCUT2D eigenvalue weighted by Gasteiger charge is 2.18. The quantitative estimate of drug-likeness (QED) is 0.841. The lowest BCUT2D eigenvalue weighted by atomic mass is 9.85. The van der Waals surface area contributed by atoms with Gasteiger partial charge in [-0.2, -0.15) is 0 Å². The molecule has 1 aliphatic carbocycles. The van der Waals surface area contributed by atoms with Crippen LogP contribution in [0.15, 0.2) is 18.2 Å². The molecular formula is C16H25ClN2. The maximum atomic E-state index is 6.16. The van der Waals surface area contributed by atoms with Gasteiger partial charge in [-0.1, -0.05) is 49.8 Å². The van der Waals surface area contributed by atoms with Gasteiger partial charge in [0.05, 0.1) is 0 Å². The molecule has 1 aromatic rings. The van der Waals surface area contributed by atoms with Gasteiger partial charge in [0.25, 0.3) is 0 Å². The van der Waals surface area contributed by atoms with E-state index in [-0.39, 0.29) is 0 Å². The minimum Gasteiger partial charge on any atom is -0.381 e. The van der Waals surface area contributed by atoms with Gasteiger partial charge in [0.2, 0.25) is 0 Å². The van der Waals surface area contributed by atoms with Crippen molar-refractivity contribution in [3.63, 3.8) is 0 Å². The Labute approximate surface area is 121 Å². The highest BCUT2D eigenvalue weighted by molar-refractivity contribution is 6.31. The third-order valence-corrected chi connectivity index (χ3v) is 4.58. The zero-order valence-corrected chi connectivity index (χ0v) is 12.5. The van der Waals surface area contributed by atoms with Crippen molar-refractivity contribution in [2.24, 2.45) is 11.7 Å². The maximum Gasteiger partial charge on any atom is 0.0455 e. The summed E-state index contributed by atoms with van der Waals surface area (Å²) in [7, 11) is 0. The SMILES string of the molecule is Cc1ccc(NC(CN)CC2CCCCC2)cc1Cl. The van der Waals surface area contributed by atoms with Crippen LogP contribution in [0.25, 0.3) is 0 Å². The molecule has 0 spiro atoms. The monoisotopic (exact) mass is 280 g/mol. The van der Waals surface area contributed by atoms with E-state index in [4.69, 9.17) is 17.3 Å². The number of halogens is 1. The lowest BCUT2D eigenvalue weighted by molar-refractivity contribution is 0.324. The first kappa shape index (κ1) is 14.7. The third-order valence-electron chi connectivity index (χ3n) is 4.17. The Balaban J connectivity index is 1.92. The predicted octanol–water partition coefficient (Wildman–Crippen LogP) is 4.36. The van der Waals surface area contributed by atoms with Crippen molar-refractivity contribution in [2.45, 2.75) is 51.5 Å². The van der Waals surface area contributed by atoms with E-state index in [0.29, 0.717) is 12.6 Å². The molecule has 3 heteroatoms. The van der Waals surface area contributed by atoms with E-state index >= 15 is 0 Å². The Hall–Kier alpha value is -0.730. The van der Waals surface area contributed by atoms with Gasteiger partial charge in [-0.3, -0.25) is 0 Å². The number of anilines is 1. The summed E-state index contributed by atoms with van der Waals surface area (Å²) in [5, 5.41) is 4.35. The van der Waals surface area contributed by atoms with Crippen molar-refractivity contribution in [1.82, 2.24) is 0 Å². The molecule has 1 atom stereocenters. The molecule has 1 aliphatic rings. The van der Waals surface area contributed by atoms with Crippen LogP contribution in [0.4, 0.5) is 5.69 Å². The van der Waals surface area contributed by atoms with Crippen LogP contribution in [-0.2, 0) is 0 Å². The minimum atomic E-state index is 0.363. The first-order valence-electron chi connectivity index (χ1n) is 7.42. The van der Waals surface area contributed by atoms with Crippen LogP contribution in [0, 0.1) is 12.8 Å². The fourth-order valence-corrected chi connectivity index (χ4v) is 3.14. The van der Waals surface area contributed by atoms with E-state index in [0.717, 1.165) is 22.2 Å². The third kappa shape index (κ3) is 4.39. The molecule has 2 nitrogen and oxygen atoms in total. The van der Waals surface area contributed by atoms with E-state index in [2.05, 4.69) is 17.4 Å². The van der Waals surface area contributed by atoms with Gasteiger partial charge < -0.3 is 11.1 Å². The van der Waals surface area contributed by atoms with Crippen LogP contribution in [0.3, 0.4) is 0 Å². The Morgan fingerprint density at radius 3 is 2.68 bits per heavy atom. The van der Waals surface area contributed by atoms with Gasteiger partial charge in [-0.15, -0.1) is 0 Å². The van der Waals surface area contributed by atoms with E-state index in [9.17, 15) is 0 Å². The summed E-state index contributed by atoms with van der Waals surface area (Å²) >= 11 is 6.16. The molecule has 106 valence electrons. The van der Waals surface area contributed by atoms with Crippen molar-refractivity contribution >= 4 is 17.3 Å². The van der Waals surface area contributed by atoms with Gasteiger partial charge in [0.15, 0.2) is 0 Å². The lowest BCUT2D eigenvalue weighted by Crippen LogP contribution is -2.31. The number of aryl methyl sites for hydroxylation is 1. The Bertz CT molecular complexity index is 400. The van der Waals surface area contributed by atoms with Crippen LogP contribution in [0.5, 0.6) is 0 Å². The van der Waals surface area contributed by atoms with Gasteiger partial charge >= 0.3 is 0 Å². The van der Waals surface area contributed by atoms with E-state index < -0.39 is 0 Å². The molecule has 2 rings (SSSR count). The van der Waals surface area contributed by atoms with Crippen molar-refractivity contribution in [3.05, 3.63) is 28.8 Å². The molecule has 0 bridgehead atoms. The Morgan fingerprint density at radius 1 is 1.32 bits per heavy atom. The first-order valence-corrected chi connectivity index (χ1v) is 7.79. The number of hydrogen-bond donors (Lipinski definition) is 2. The molecule has 0 aromatic heterocycles. The summed E-state index contributed by atoms with van der Waals surface area (Å²) in [6.07, 6.45) is 8.10. The number of nitrogens with two attached hydrogens (primary N) is 1. The van der Waals surface area contributed by atoms with Crippen LogP contribution < -0.4 is 11.1 Å². The Kier molecular flexibility index (Phi) is 5.53. The molecule has 0 heterocycles. The number of nitrogens with one attached hydrogen (secondary N) is 1. The second-order valence-electron chi connectivity index (χ2n) is 5.78. The normalized spacial score (nSPS) is 18.3. The standard InChI is InChI=1S/C16H25ClN2/c1-12-7-8-14(10-16(12)17)19-15(11-18)9-13-5-3-2-4-6-13/h7-8,10,13,15,19H,2-6,9,11,18H2,1H3. The topological polar surface area (TPSA) is 38.0 Å². The van der Waals surface area contributed by atoms with Crippen molar-refractivity contribution in [3.8, 4) is 0 Å². The predicted molar refractivity (Wildman–Crippen MR) is 83.8 cm³/mol. The summed E-state index contributed by atoms with van der Waals surface area (Å²) in [5.74, 6) is 0.843. The van der Waals surface area contributed by atoms with Gasteiger partial charge in [-0.05, 0) is 37.0 Å². The molecule has 0 radical (unpaired) electrons. The molecule has 1 fully saturated rings. The number of hydrogen-bond acceptors (Lipinski definition) is 2. The highest BCUT2D eigenvalue weighted by Crippen LogP contribution is 2.28. The van der Waals surface area contributed by atoms with Gasteiger partial charge in [-0.25, -0.2) is 0 Å². The van der Waals surface area contributed by atoms with E-state index in [1.807, 2.05) is 13.0 Å². The molecule has 3 N–H and O–H groups in total. The zero-order chi connectivity index (χ0) is 13.7. The minimum absolute atomic E-state index is 0.363. The summed E-state index contributed by atoms with van der Waals surface area (Å²) in [4.78, 5) is 0. The van der Waals surface area contributed by atoms with Crippen molar-refractivity contribution in [2.75, 3.05) is 11.9 Å². The van der Waals surface area contributed by atoms with Gasteiger partial charge in [0.1, 0.15) is 0 Å². The fraction of sp³-hybridized carbons (Fsp3) is 0.625. The summed E-state index contributed by atoms with van der Waals surface area (Å²) in [6.45, 7) is 2.70. The summed E-state index contributed by atoms with van der Waals surface area (Å²) < 4.78 is 0. The Morgan fingerprint density at radius 2 is 2.05 bits per heavy atom. The second-order valence-corrected chi connectivity index (χ2v) is 6.19. The zero-order valence-electron chi connectivity index (χ0n) is 11.8. The molecule has 0 saturated heterocycles. The average molecular weight is 281 g/mol. The maximum absolute atomic E-state index is 6.16. The summed E-state index contributed by atoms with van der Waals surface area (Å²) in [5.41, 5.74) is 8.11. The molecule has 19 heavy (non-hydrogen) atoms. The van der Waals surface area contributed by atoms with Crippen LogP contribution >= 0.6 is 11.6 Å². The largest absolute Gasteiger partial charge is 0.381 e. The summed E-state index contributed by atoms with van der Waals surface area (Å²) in [6, 6.07) is 6.51. The molecular weight excluding hydrogens is 256 g/mol. The van der Waals surface area contributed by atoms with Crippen molar-refractivity contribution < 1.29 is 0 Å².